The number of ether oxygens (including phenoxy) is 1. The predicted molar refractivity (Wildman–Crippen MR) is 103 cm³/mol. The third kappa shape index (κ3) is 5.23. The van der Waals surface area contributed by atoms with Crippen molar-refractivity contribution in [1.29, 1.82) is 0 Å². The molecule has 0 saturated carbocycles. The summed E-state index contributed by atoms with van der Waals surface area (Å²) in [5.74, 6) is 0.277. The Morgan fingerprint density at radius 2 is 1.73 bits per heavy atom. The van der Waals surface area contributed by atoms with E-state index in [1.54, 1.807) is 31.2 Å². The number of hydrogen-bond donors (Lipinski definition) is 1. The third-order valence-electron chi connectivity index (χ3n) is 3.80. The van der Waals surface area contributed by atoms with Crippen molar-refractivity contribution in [3.05, 3.63) is 60.2 Å². The summed E-state index contributed by atoms with van der Waals surface area (Å²) in [5, 5.41) is 2.78. The van der Waals surface area contributed by atoms with Crippen molar-refractivity contribution in [3.63, 3.8) is 0 Å². The molecule has 0 heterocycles. The largest absolute Gasteiger partial charge is 0.494 e. The van der Waals surface area contributed by atoms with Gasteiger partial charge in [-0.25, -0.2) is 8.42 Å². The van der Waals surface area contributed by atoms with E-state index in [2.05, 4.69) is 5.32 Å². The summed E-state index contributed by atoms with van der Waals surface area (Å²) in [5.41, 5.74) is 1.36. The molecule has 0 fully saturated rings. The molecular weight excluding hydrogens is 352 g/mol. The highest BCUT2D eigenvalue weighted by Crippen LogP contribution is 2.24. The van der Waals surface area contributed by atoms with Gasteiger partial charge in [0.2, 0.25) is 15.9 Å². The van der Waals surface area contributed by atoms with Gasteiger partial charge in [-0.3, -0.25) is 9.10 Å². The Balaban J connectivity index is 2.16. The Labute approximate surface area is 154 Å². The lowest BCUT2D eigenvalue weighted by molar-refractivity contribution is -0.122. The van der Waals surface area contributed by atoms with E-state index in [1.165, 1.54) is 0 Å². The molecule has 1 amide bonds. The van der Waals surface area contributed by atoms with E-state index in [1.807, 2.05) is 37.3 Å². The smallest absolute Gasteiger partial charge is 0.243 e. The number of rotatable bonds is 8. The third-order valence-corrected chi connectivity index (χ3v) is 5.04. The topological polar surface area (TPSA) is 75.7 Å². The maximum atomic E-state index is 12.5. The van der Waals surface area contributed by atoms with Crippen LogP contribution in [0.15, 0.2) is 54.6 Å². The molecule has 26 heavy (non-hydrogen) atoms. The molecule has 0 aliphatic heterocycles. The van der Waals surface area contributed by atoms with Crippen LogP contribution in [0, 0.1) is 0 Å². The first-order chi connectivity index (χ1) is 12.3. The number of hydrogen-bond acceptors (Lipinski definition) is 4. The number of sulfonamides is 1. The minimum atomic E-state index is -3.64. The number of benzene rings is 2. The van der Waals surface area contributed by atoms with Crippen molar-refractivity contribution in [2.75, 3.05) is 17.2 Å². The van der Waals surface area contributed by atoms with Gasteiger partial charge in [0.15, 0.2) is 0 Å². The summed E-state index contributed by atoms with van der Waals surface area (Å²) >= 11 is 0. The molecule has 2 rings (SSSR count). The van der Waals surface area contributed by atoms with E-state index in [0.29, 0.717) is 24.6 Å². The molecule has 6 nitrogen and oxygen atoms in total. The van der Waals surface area contributed by atoms with Crippen LogP contribution in [-0.2, 0) is 21.4 Å². The van der Waals surface area contributed by atoms with Crippen molar-refractivity contribution in [3.8, 4) is 5.75 Å². The van der Waals surface area contributed by atoms with Crippen LogP contribution >= 0.6 is 0 Å². The number of nitrogens with one attached hydrogen (secondary N) is 1. The second kappa shape index (κ2) is 8.71. The predicted octanol–water partition coefficient (Wildman–Crippen LogP) is 2.56. The first-order valence-electron chi connectivity index (χ1n) is 8.37. The van der Waals surface area contributed by atoms with Crippen molar-refractivity contribution in [1.82, 2.24) is 5.32 Å². The van der Waals surface area contributed by atoms with E-state index in [0.717, 1.165) is 16.1 Å². The van der Waals surface area contributed by atoms with Crippen molar-refractivity contribution < 1.29 is 17.9 Å². The van der Waals surface area contributed by atoms with E-state index < -0.39 is 16.1 Å². The maximum Gasteiger partial charge on any atom is 0.243 e. The molecule has 7 heteroatoms. The molecule has 0 saturated heterocycles. The molecule has 0 radical (unpaired) electrons. The molecule has 0 aliphatic rings. The van der Waals surface area contributed by atoms with Crippen molar-refractivity contribution in [2.45, 2.75) is 26.4 Å². The normalized spacial score (nSPS) is 12.3. The zero-order chi connectivity index (χ0) is 19.2. The molecule has 140 valence electrons. The van der Waals surface area contributed by atoms with Gasteiger partial charge in [-0.05, 0) is 43.7 Å². The molecule has 1 N–H and O–H groups in total. The van der Waals surface area contributed by atoms with E-state index >= 15 is 0 Å². The lowest BCUT2D eigenvalue weighted by atomic mass is 10.2. The fourth-order valence-electron chi connectivity index (χ4n) is 2.60. The van der Waals surface area contributed by atoms with Crippen LogP contribution in [0.5, 0.6) is 5.75 Å². The number of carbonyl (C=O) groups excluding carboxylic acids is 1. The Bertz CT molecular complexity index is 820. The van der Waals surface area contributed by atoms with Gasteiger partial charge in [-0.15, -0.1) is 0 Å². The zero-order valence-electron chi connectivity index (χ0n) is 15.2. The van der Waals surface area contributed by atoms with Gasteiger partial charge in [-0.2, -0.15) is 0 Å². The average molecular weight is 376 g/mol. The number of anilines is 1. The Hall–Kier alpha value is -2.54. The highest BCUT2D eigenvalue weighted by Gasteiger charge is 2.28. The first kappa shape index (κ1) is 19.8. The van der Waals surface area contributed by atoms with Crippen LogP contribution in [0.3, 0.4) is 0 Å². The van der Waals surface area contributed by atoms with Gasteiger partial charge in [0.1, 0.15) is 11.8 Å². The van der Waals surface area contributed by atoms with Crippen molar-refractivity contribution in [2.24, 2.45) is 0 Å². The Kier molecular flexibility index (Phi) is 6.63. The first-order valence-corrected chi connectivity index (χ1v) is 10.2. The van der Waals surface area contributed by atoms with Crippen molar-refractivity contribution >= 4 is 21.6 Å². The highest BCUT2D eigenvalue weighted by atomic mass is 32.2. The van der Waals surface area contributed by atoms with Gasteiger partial charge in [0.25, 0.3) is 0 Å². The van der Waals surface area contributed by atoms with Gasteiger partial charge in [0.05, 0.1) is 18.6 Å². The summed E-state index contributed by atoms with van der Waals surface area (Å²) < 4.78 is 31.0. The van der Waals surface area contributed by atoms with Gasteiger partial charge in [-0.1, -0.05) is 30.3 Å². The quantitative estimate of drug-likeness (QED) is 0.768. The SMILES string of the molecule is CCOc1ccc(N([C@@H](C)C(=O)NCc2ccccc2)S(C)(=O)=O)cc1. The van der Waals surface area contributed by atoms with E-state index in [4.69, 9.17) is 4.74 Å². The minimum Gasteiger partial charge on any atom is -0.494 e. The fraction of sp³-hybridized carbons (Fsp3) is 0.316. The summed E-state index contributed by atoms with van der Waals surface area (Å²) in [6, 6.07) is 15.2. The fourth-order valence-corrected chi connectivity index (χ4v) is 3.77. The summed E-state index contributed by atoms with van der Waals surface area (Å²) in [7, 11) is -3.64. The van der Waals surface area contributed by atoms with Gasteiger partial charge >= 0.3 is 0 Å². The Morgan fingerprint density at radius 1 is 1.12 bits per heavy atom. The molecule has 2 aromatic carbocycles. The summed E-state index contributed by atoms with van der Waals surface area (Å²) in [6.07, 6.45) is 1.09. The second-order valence-corrected chi connectivity index (χ2v) is 7.72. The lowest BCUT2D eigenvalue weighted by Crippen LogP contribution is -2.47. The van der Waals surface area contributed by atoms with Crippen LogP contribution < -0.4 is 14.4 Å². The Morgan fingerprint density at radius 3 is 2.27 bits per heavy atom. The summed E-state index contributed by atoms with van der Waals surface area (Å²) in [6.45, 7) is 4.30. The molecule has 2 aromatic rings. The zero-order valence-corrected chi connectivity index (χ0v) is 16.0. The maximum absolute atomic E-state index is 12.5. The highest BCUT2D eigenvalue weighted by molar-refractivity contribution is 7.92. The molecule has 0 aromatic heterocycles. The van der Waals surface area contributed by atoms with Crippen LogP contribution in [-0.4, -0.2) is 33.2 Å². The lowest BCUT2D eigenvalue weighted by Gasteiger charge is -2.28. The monoisotopic (exact) mass is 376 g/mol. The van der Waals surface area contributed by atoms with E-state index in [9.17, 15) is 13.2 Å². The average Bonchev–Trinajstić information content (AvgIpc) is 2.61. The minimum absolute atomic E-state index is 0.338. The standard InChI is InChI=1S/C19H24N2O4S/c1-4-25-18-12-10-17(11-13-18)21(26(3,23)24)15(2)19(22)20-14-16-8-6-5-7-9-16/h5-13,15H,4,14H2,1-3H3,(H,20,22)/t15-/m0/s1. The molecule has 0 spiro atoms. The number of carbonyl (C=O) groups is 1. The second-order valence-electron chi connectivity index (χ2n) is 5.87. The number of amides is 1. The molecule has 0 aliphatic carbocycles. The molecule has 1 atom stereocenters. The molecule has 0 bridgehead atoms. The number of nitrogens with zero attached hydrogens (tertiary/aromatic N) is 1. The van der Waals surface area contributed by atoms with Crippen LogP contribution in [0.4, 0.5) is 5.69 Å². The van der Waals surface area contributed by atoms with Crippen LogP contribution in [0.25, 0.3) is 0 Å². The van der Waals surface area contributed by atoms with E-state index in [-0.39, 0.29) is 5.91 Å². The van der Waals surface area contributed by atoms with Gasteiger partial charge < -0.3 is 10.1 Å². The molecule has 0 unspecified atom stereocenters. The molecular formula is C19H24N2O4S. The van der Waals surface area contributed by atoms with Crippen LogP contribution in [0.2, 0.25) is 0 Å². The summed E-state index contributed by atoms with van der Waals surface area (Å²) in [4.78, 5) is 12.5. The van der Waals surface area contributed by atoms with Crippen LogP contribution in [0.1, 0.15) is 19.4 Å². The van der Waals surface area contributed by atoms with Gasteiger partial charge in [0, 0.05) is 6.54 Å².